The fourth-order valence-corrected chi connectivity index (χ4v) is 11.1. The minimum absolute atomic E-state index is 0.136. The quantitative estimate of drug-likeness (QED) is 0.140. The predicted molar refractivity (Wildman–Crippen MR) is 184 cm³/mol. The number of aliphatic hydroxyl groups is 1. The van der Waals surface area contributed by atoms with Crippen LogP contribution in [-0.2, 0) is 25.3 Å². The topological polar surface area (TPSA) is 94.5 Å². The zero-order chi connectivity index (χ0) is 33.2. The summed E-state index contributed by atoms with van der Waals surface area (Å²) in [5.74, 6) is -0.226. The second-order valence-corrected chi connectivity index (χ2v) is 17.6. The molecule has 0 bridgehead atoms. The lowest BCUT2D eigenvalue weighted by Crippen LogP contribution is -2.66. The van der Waals surface area contributed by atoms with E-state index in [0.717, 1.165) is 16.9 Å². The van der Waals surface area contributed by atoms with Gasteiger partial charge in [0.05, 0.1) is 44.6 Å². The summed E-state index contributed by atoms with van der Waals surface area (Å²) in [7, 11) is -1.06. The summed E-state index contributed by atoms with van der Waals surface area (Å²) < 4.78 is 25.5. The highest BCUT2D eigenvalue weighted by atomic mass is 28.4. The van der Waals surface area contributed by atoms with Gasteiger partial charge in [-0.2, -0.15) is 0 Å². The van der Waals surface area contributed by atoms with E-state index in [2.05, 4.69) is 75.9 Å². The van der Waals surface area contributed by atoms with E-state index in [-0.39, 0.29) is 36.2 Å². The van der Waals surface area contributed by atoms with Gasteiger partial charge in [0.25, 0.3) is 8.32 Å². The van der Waals surface area contributed by atoms with E-state index < -0.39 is 20.4 Å². The molecule has 7 nitrogen and oxygen atoms in total. The van der Waals surface area contributed by atoms with Crippen LogP contribution >= 0.6 is 0 Å². The molecule has 2 N–H and O–H groups in total. The van der Waals surface area contributed by atoms with Crippen LogP contribution in [0.5, 0.6) is 5.75 Å². The lowest BCUT2D eigenvalue weighted by atomic mass is 9.92. The number of carboxylic acids is 1. The van der Waals surface area contributed by atoms with E-state index in [4.69, 9.17) is 23.7 Å². The van der Waals surface area contributed by atoms with E-state index in [1.807, 2.05) is 36.4 Å². The highest BCUT2D eigenvalue weighted by Crippen LogP contribution is 2.37. The van der Waals surface area contributed by atoms with Gasteiger partial charge in [-0.3, -0.25) is 4.79 Å². The van der Waals surface area contributed by atoms with Crippen LogP contribution in [0.1, 0.15) is 64.9 Å². The molecule has 248 valence electrons. The standard InChI is InChI=1S/C38H50O7Si/c1-28-22-33(24-30(39)25-37(40)41)45-34(23-28)26-32(43-27-29-16-18-31(42-5)19-17-29)20-21-44-46(38(2,3)4,35-12-8-6-9-13-35)36-14-10-7-11-15-36/h6-19,30,32-34,39H,1,20-27H2,2-5H3,(H,40,41). The third-order valence-corrected chi connectivity index (χ3v) is 13.8. The molecule has 1 aliphatic rings. The van der Waals surface area contributed by atoms with Gasteiger partial charge in [-0.1, -0.05) is 106 Å². The van der Waals surface area contributed by atoms with Crippen LogP contribution in [0.15, 0.2) is 97.1 Å². The Kier molecular flexibility index (Phi) is 12.8. The first-order valence-electron chi connectivity index (χ1n) is 16.2. The molecular formula is C38H50O7Si. The van der Waals surface area contributed by atoms with Crippen LogP contribution in [0, 0.1) is 0 Å². The molecule has 0 spiro atoms. The molecule has 4 unspecified atom stereocenters. The summed E-state index contributed by atoms with van der Waals surface area (Å²) in [4.78, 5) is 11.1. The van der Waals surface area contributed by atoms with Gasteiger partial charge in [-0.05, 0) is 52.4 Å². The van der Waals surface area contributed by atoms with Crippen molar-refractivity contribution in [2.75, 3.05) is 13.7 Å². The van der Waals surface area contributed by atoms with Crippen LogP contribution in [0.4, 0.5) is 0 Å². The molecule has 3 aromatic rings. The molecule has 0 aromatic heterocycles. The van der Waals surface area contributed by atoms with E-state index in [1.165, 1.54) is 10.4 Å². The fraction of sp³-hybridized carbons (Fsp3) is 0.447. The van der Waals surface area contributed by atoms with Crippen molar-refractivity contribution in [1.82, 2.24) is 0 Å². The average Bonchev–Trinajstić information content (AvgIpc) is 3.01. The number of hydrogen-bond acceptors (Lipinski definition) is 6. The van der Waals surface area contributed by atoms with Gasteiger partial charge in [-0.25, -0.2) is 0 Å². The Morgan fingerprint density at radius 1 is 0.935 bits per heavy atom. The van der Waals surface area contributed by atoms with Gasteiger partial charge < -0.3 is 28.8 Å². The normalized spacial score (nSPS) is 18.6. The summed E-state index contributed by atoms with van der Waals surface area (Å²) in [5.41, 5.74) is 2.09. The zero-order valence-electron chi connectivity index (χ0n) is 27.7. The van der Waals surface area contributed by atoms with Crippen LogP contribution in [0.3, 0.4) is 0 Å². The molecule has 0 amide bonds. The first kappa shape index (κ1) is 35.6. The molecule has 0 aliphatic carbocycles. The van der Waals surface area contributed by atoms with Gasteiger partial charge in [0, 0.05) is 19.4 Å². The van der Waals surface area contributed by atoms with Crippen molar-refractivity contribution in [2.45, 2.75) is 95.4 Å². The van der Waals surface area contributed by atoms with Gasteiger partial charge in [-0.15, -0.1) is 0 Å². The largest absolute Gasteiger partial charge is 0.497 e. The molecule has 1 fully saturated rings. The van der Waals surface area contributed by atoms with Crippen molar-refractivity contribution in [3.8, 4) is 5.75 Å². The number of ether oxygens (including phenoxy) is 3. The monoisotopic (exact) mass is 646 g/mol. The Morgan fingerprint density at radius 3 is 2.02 bits per heavy atom. The van der Waals surface area contributed by atoms with Crippen molar-refractivity contribution in [3.05, 3.63) is 103 Å². The zero-order valence-corrected chi connectivity index (χ0v) is 28.7. The third kappa shape index (κ3) is 9.62. The highest BCUT2D eigenvalue weighted by molar-refractivity contribution is 6.99. The van der Waals surface area contributed by atoms with Crippen molar-refractivity contribution >= 4 is 24.7 Å². The molecule has 0 saturated carbocycles. The number of carboxylic acid groups (broad SMARTS) is 1. The number of rotatable bonds is 16. The Balaban J connectivity index is 1.54. The molecule has 1 aliphatic heterocycles. The number of hydrogen-bond donors (Lipinski definition) is 2. The summed E-state index contributed by atoms with van der Waals surface area (Å²) in [6, 6.07) is 29.1. The lowest BCUT2D eigenvalue weighted by molar-refractivity contribution is -0.140. The number of aliphatic carboxylic acids is 1. The predicted octanol–water partition coefficient (Wildman–Crippen LogP) is 6.27. The smallest absolute Gasteiger partial charge is 0.305 e. The number of benzene rings is 3. The fourth-order valence-electron chi connectivity index (χ4n) is 6.57. The molecule has 0 radical (unpaired) electrons. The minimum atomic E-state index is -2.71. The Bertz CT molecular complexity index is 1330. The molecule has 1 saturated heterocycles. The number of methoxy groups -OCH3 is 1. The first-order valence-corrected chi connectivity index (χ1v) is 18.1. The maximum absolute atomic E-state index is 11.1. The van der Waals surface area contributed by atoms with Crippen LogP contribution < -0.4 is 15.1 Å². The third-order valence-electron chi connectivity index (χ3n) is 8.71. The average molecular weight is 647 g/mol. The van der Waals surface area contributed by atoms with Crippen molar-refractivity contribution in [1.29, 1.82) is 0 Å². The molecule has 4 atom stereocenters. The van der Waals surface area contributed by atoms with Crippen molar-refractivity contribution in [3.63, 3.8) is 0 Å². The van der Waals surface area contributed by atoms with Gasteiger partial charge in [0.1, 0.15) is 5.75 Å². The Labute approximate surface area is 275 Å². The Hall–Kier alpha value is -3.27. The van der Waals surface area contributed by atoms with Crippen LogP contribution in [0.25, 0.3) is 0 Å². The summed E-state index contributed by atoms with van der Waals surface area (Å²) in [5, 5.41) is 21.7. The van der Waals surface area contributed by atoms with E-state index in [1.54, 1.807) is 7.11 Å². The number of aliphatic hydroxyl groups excluding tert-OH is 1. The molecule has 1 heterocycles. The van der Waals surface area contributed by atoms with Crippen molar-refractivity contribution in [2.24, 2.45) is 0 Å². The summed E-state index contributed by atoms with van der Waals surface area (Å²) >= 11 is 0. The molecule has 4 rings (SSSR count). The van der Waals surface area contributed by atoms with Gasteiger partial charge >= 0.3 is 5.97 Å². The summed E-state index contributed by atoms with van der Waals surface area (Å²) in [6.45, 7) is 12.0. The van der Waals surface area contributed by atoms with Crippen LogP contribution in [0.2, 0.25) is 5.04 Å². The van der Waals surface area contributed by atoms with Crippen LogP contribution in [-0.4, -0.2) is 62.6 Å². The SMILES string of the molecule is C=C1CC(CC(O)CC(=O)O)OC(CC(CCO[Si](c2ccccc2)(c2ccccc2)C(C)(C)C)OCc2ccc(OC)cc2)C1. The molecule has 3 aromatic carbocycles. The second-order valence-electron chi connectivity index (χ2n) is 13.3. The highest BCUT2D eigenvalue weighted by Gasteiger charge is 2.50. The van der Waals surface area contributed by atoms with E-state index >= 15 is 0 Å². The molecular weight excluding hydrogens is 596 g/mol. The maximum atomic E-state index is 11.1. The van der Waals surface area contributed by atoms with Crippen molar-refractivity contribution < 1.29 is 33.6 Å². The summed E-state index contributed by atoms with van der Waals surface area (Å²) in [6.07, 6.45) is 1.00. The van der Waals surface area contributed by atoms with E-state index in [0.29, 0.717) is 38.9 Å². The number of carbonyl (C=O) groups is 1. The Morgan fingerprint density at radius 2 is 1.50 bits per heavy atom. The molecule has 46 heavy (non-hydrogen) atoms. The van der Waals surface area contributed by atoms with Gasteiger partial charge in [0.15, 0.2) is 0 Å². The molecule has 8 heteroatoms. The first-order chi connectivity index (χ1) is 22.0. The lowest BCUT2D eigenvalue weighted by Gasteiger charge is -2.43. The van der Waals surface area contributed by atoms with Gasteiger partial charge in [0.2, 0.25) is 0 Å². The minimum Gasteiger partial charge on any atom is -0.497 e. The maximum Gasteiger partial charge on any atom is 0.305 e. The van der Waals surface area contributed by atoms with E-state index in [9.17, 15) is 9.90 Å². The second kappa shape index (κ2) is 16.5.